The van der Waals surface area contributed by atoms with Crippen LogP contribution in [-0.4, -0.2) is 57.9 Å². The van der Waals surface area contributed by atoms with Gasteiger partial charge in [-0.1, -0.05) is 18.2 Å². The van der Waals surface area contributed by atoms with Gasteiger partial charge in [0.1, 0.15) is 5.75 Å². The number of carbonyl (C=O) groups excluding carboxylic acids is 2. The number of methoxy groups -OCH3 is 3. The number of allylic oxidation sites excluding steroid dienone is 1. The van der Waals surface area contributed by atoms with E-state index in [2.05, 4.69) is 6.07 Å². The molecule has 1 amide bonds. The summed E-state index contributed by atoms with van der Waals surface area (Å²) >= 11 is 0. The van der Waals surface area contributed by atoms with Crippen LogP contribution in [0.3, 0.4) is 0 Å². The summed E-state index contributed by atoms with van der Waals surface area (Å²) in [5, 5.41) is 9.86. The molecular formula is C37H37N3O7. The van der Waals surface area contributed by atoms with Gasteiger partial charge in [-0.15, -0.1) is 0 Å². The number of anilines is 1. The zero-order valence-corrected chi connectivity index (χ0v) is 27.0. The highest BCUT2D eigenvalue weighted by molar-refractivity contribution is 6.07. The molecule has 5 rings (SSSR count). The van der Waals surface area contributed by atoms with Gasteiger partial charge in [0.25, 0.3) is 5.91 Å². The number of rotatable bonds is 12. The fourth-order valence-electron chi connectivity index (χ4n) is 5.82. The van der Waals surface area contributed by atoms with Crippen LogP contribution in [-0.2, 0) is 16.0 Å². The van der Waals surface area contributed by atoms with Crippen molar-refractivity contribution in [3.8, 4) is 29.1 Å². The van der Waals surface area contributed by atoms with Crippen molar-refractivity contribution >= 4 is 40.1 Å². The molecule has 0 atom stereocenters. The fraction of sp³-hybridized carbons (Fsp3) is 0.297. The van der Waals surface area contributed by atoms with Crippen molar-refractivity contribution in [2.24, 2.45) is 0 Å². The van der Waals surface area contributed by atoms with Gasteiger partial charge in [0.05, 0.1) is 57.2 Å². The standard InChI is InChI=1S/C37H37N3O7/c1-5-46-27-16-14-26(15-17-27)40(19-9-18-38)33(41)23-47-37(42)34-28-11-6-7-13-30(28)39-35-25(10-8-12-29(34)35)20-24-21-31(43-2)36(45-4)32(22-24)44-3/h6-7,11,13-17,20-22H,5,8-10,12,19,23H2,1-4H3. The lowest BCUT2D eigenvalue weighted by atomic mass is 9.86. The Kier molecular flexibility index (Phi) is 10.6. The highest BCUT2D eigenvalue weighted by Gasteiger charge is 2.27. The molecule has 4 aromatic rings. The van der Waals surface area contributed by atoms with Crippen LogP contribution in [0.4, 0.5) is 5.69 Å². The Morgan fingerprint density at radius 3 is 2.36 bits per heavy atom. The molecule has 0 aliphatic heterocycles. The molecule has 10 nitrogen and oxygen atoms in total. The SMILES string of the molecule is CCOc1ccc(N(CCC#N)C(=O)COC(=O)c2c3c(nc4ccccc24)C(=Cc2cc(OC)c(OC)c(OC)c2)CCC3)cc1. The molecule has 1 aromatic heterocycles. The van der Waals surface area contributed by atoms with Gasteiger partial charge < -0.3 is 28.6 Å². The molecule has 1 aliphatic rings. The molecule has 10 heteroatoms. The molecule has 47 heavy (non-hydrogen) atoms. The van der Waals surface area contributed by atoms with Crippen LogP contribution >= 0.6 is 0 Å². The maximum Gasteiger partial charge on any atom is 0.339 e. The van der Waals surface area contributed by atoms with Crippen molar-refractivity contribution in [1.82, 2.24) is 4.98 Å². The lowest BCUT2D eigenvalue weighted by Gasteiger charge is -2.24. The number of ether oxygens (including phenoxy) is 5. The quantitative estimate of drug-likeness (QED) is 0.158. The number of hydrogen-bond acceptors (Lipinski definition) is 9. The molecule has 3 aromatic carbocycles. The van der Waals surface area contributed by atoms with Crippen LogP contribution in [0, 0.1) is 11.3 Å². The fourth-order valence-corrected chi connectivity index (χ4v) is 5.82. The lowest BCUT2D eigenvalue weighted by molar-refractivity contribution is -0.121. The smallest absolute Gasteiger partial charge is 0.339 e. The molecular weight excluding hydrogens is 598 g/mol. The average Bonchev–Trinajstić information content (AvgIpc) is 3.10. The van der Waals surface area contributed by atoms with Crippen molar-refractivity contribution in [2.45, 2.75) is 32.6 Å². The number of pyridine rings is 1. The van der Waals surface area contributed by atoms with E-state index in [1.807, 2.05) is 49.4 Å². The van der Waals surface area contributed by atoms with Gasteiger partial charge >= 0.3 is 5.97 Å². The molecule has 1 heterocycles. The minimum absolute atomic E-state index is 0.121. The number of nitrogens with zero attached hydrogens (tertiary/aromatic N) is 3. The van der Waals surface area contributed by atoms with E-state index in [4.69, 9.17) is 28.7 Å². The Balaban J connectivity index is 1.47. The van der Waals surface area contributed by atoms with Crippen LogP contribution in [0.5, 0.6) is 23.0 Å². The second-order valence-corrected chi connectivity index (χ2v) is 10.8. The summed E-state index contributed by atoms with van der Waals surface area (Å²) in [5.74, 6) is 1.19. The third-order valence-electron chi connectivity index (χ3n) is 7.94. The molecule has 242 valence electrons. The first-order chi connectivity index (χ1) is 22.9. The number of esters is 1. The first-order valence-electron chi connectivity index (χ1n) is 15.4. The van der Waals surface area contributed by atoms with Gasteiger partial charge in [0.15, 0.2) is 18.1 Å². The van der Waals surface area contributed by atoms with E-state index in [-0.39, 0.29) is 13.0 Å². The number of aromatic nitrogens is 1. The number of benzene rings is 3. The third-order valence-corrected chi connectivity index (χ3v) is 7.94. The lowest BCUT2D eigenvalue weighted by Crippen LogP contribution is -2.35. The summed E-state index contributed by atoms with van der Waals surface area (Å²) in [6.45, 7) is 2.07. The van der Waals surface area contributed by atoms with Crippen molar-refractivity contribution < 1.29 is 33.3 Å². The Morgan fingerprint density at radius 2 is 1.70 bits per heavy atom. The zero-order valence-electron chi connectivity index (χ0n) is 27.0. The molecule has 1 aliphatic carbocycles. The van der Waals surface area contributed by atoms with E-state index in [1.54, 1.807) is 45.6 Å². The van der Waals surface area contributed by atoms with Gasteiger partial charge in [0, 0.05) is 17.6 Å². The van der Waals surface area contributed by atoms with E-state index >= 15 is 0 Å². The molecule has 0 bridgehead atoms. The monoisotopic (exact) mass is 635 g/mol. The third kappa shape index (κ3) is 7.15. The average molecular weight is 636 g/mol. The van der Waals surface area contributed by atoms with Crippen LogP contribution in [0.1, 0.15) is 53.4 Å². The van der Waals surface area contributed by atoms with Gasteiger partial charge in [-0.2, -0.15) is 5.26 Å². The highest BCUT2D eigenvalue weighted by atomic mass is 16.5. The van der Waals surface area contributed by atoms with E-state index in [0.717, 1.165) is 29.5 Å². The number of para-hydroxylation sites is 1. The molecule has 0 saturated carbocycles. The molecule has 0 unspecified atom stereocenters. The minimum atomic E-state index is -0.603. The van der Waals surface area contributed by atoms with Gasteiger partial charge in [-0.05, 0) is 91.4 Å². The molecule has 0 N–H and O–H groups in total. The van der Waals surface area contributed by atoms with Crippen molar-refractivity contribution in [2.75, 3.05) is 46.0 Å². The number of amides is 1. The van der Waals surface area contributed by atoms with Crippen LogP contribution < -0.4 is 23.8 Å². The maximum absolute atomic E-state index is 13.9. The molecule has 0 spiro atoms. The van der Waals surface area contributed by atoms with Gasteiger partial charge in [-0.3, -0.25) is 4.79 Å². The zero-order chi connectivity index (χ0) is 33.3. The summed E-state index contributed by atoms with van der Waals surface area (Å²) in [6.07, 6.45) is 4.31. The summed E-state index contributed by atoms with van der Waals surface area (Å²) in [4.78, 5) is 33.7. The summed E-state index contributed by atoms with van der Waals surface area (Å²) in [7, 11) is 4.70. The first-order valence-corrected chi connectivity index (χ1v) is 15.4. The van der Waals surface area contributed by atoms with E-state index < -0.39 is 18.5 Å². The molecule has 0 saturated heterocycles. The Labute approximate surface area is 274 Å². The summed E-state index contributed by atoms with van der Waals surface area (Å²) < 4.78 is 27.8. The molecule has 0 fully saturated rings. The Hall–Kier alpha value is -5.56. The Morgan fingerprint density at radius 1 is 0.979 bits per heavy atom. The number of nitriles is 1. The minimum Gasteiger partial charge on any atom is -0.494 e. The van der Waals surface area contributed by atoms with Crippen molar-refractivity contribution in [1.29, 1.82) is 5.26 Å². The van der Waals surface area contributed by atoms with Gasteiger partial charge in [-0.25, -0.2) is 9.78 Å². The highest BCUT2D eigenvalue weighted by Crippen LogP contribution is 2.41. The predicted octanol–water partition coefficient (Wildman–Crippen LogP) is 6.64. The molecule has 0 radical (unpaired) electrons. The second kappa shape index (κ2) is 15.1. The van der Waals surface area contributed by atoms with Crippen LogP contribution in [0.15, 0.2) is 60.7 Å². The normalized spacial score (nSPS) is 13.0. The van der Waals surface area contributed by atoms with E-state index in [0.29, 0.717) is 63.9 Å². The van der Waals surface area contributed by atoms with Crippen LogP contribution in [0.2, 0.25) is 0 Å². The Bertz CT molecular complexity index is 1820. The van der Waals surface area contributed by atoms with Crippen molar-refractivity contribution in [3.63, 3.8) is 0 Å². The van der Waals surface area contributed by atoms with E-state index in [9.17, 15) is 14.9 Å². The summed E-state index contributed by atoms with van der Waals surface area (Å²) in [6, 6.07) is 20.3. The van der Waals surface area contributed by atoms with E-state index in [1.165, 1.54) is 4.90 Å². The van der Waals surface area contributed by atoms with Crippen molar-refractivity contribution in [3.05, 3.63) is 83.0 Å². The predicted molar refractivity (Wildman–Crippen MR) is 179 cm³/mol. The summed E-state index contributed by atoms with van der Waals surface area (Å²) in [5.41, 5.74) is 4.91. The number of carbonyl (C=O) groups is 2. The number of hydrogen-bond donors (Lipinski definition) is 0. The largest absolute Gasteiger partial charge is 0.494 e. The second-order valence-electron chi connectivity index (χ2n) is 10.8. The topological polar surface area (TPSA) is 120 Å². The maximum atomic E-state index is 13.9. The number of fused-ring (bicyclic) bond motifs is 2. The van der Waals surface area contributed by atoms with Crippen LogP contribution in [0.25, 0.3) is 22.6 Å². The first kappa shape index (κ1) is 32.8. The van der Waals surface area contributed by atoms with Gasteiger partial charge in [0.2, 0.25) is 5.75 Å².